The third kappa shape index (κ3) is 7.45. The summed E-state index contributed by atoms with van der Waals surface area (Å²) in [6.45, 7) is 2.03. The van der Waals surface area contributed by atoms with Crippen molar-refractivity contribution < 1.29 is 19.1 Å². The quantitative estimate of drug-likeness (QED) is 0.356. The van der Waals surface area contributed by atoms with Crippen LogP contribution in [0.25, 0.3) is 0 Å². The minimum atomic E-state index is -0.351. The molecule has 1 aliphatic rings. The SMILES string of the molecule is CCCCC(=O)OC(CI)CC(=O)OC1CCCCC1. The maximum atomic E-state index is 11.9. The van der Waals surface area contributed by atoms with E-state index >= 15 is 0 Å². The van der Waals surface area contributed by atoms with Crippen molar-refractivity contribution in [1.29, 1.82) is 0 Å². The minimum absolute atomic E-state index is 0.0712. The van der Waals surface area contributed by atoms with Crippen LogP contribution in [0, 0.1) is 0 Å². The fourth-order valence-corrected chi connectivity index (χ4v) is 2.79. The lowest BCUT2D eigenvalue weighted by Crippen LogP contribution is -2.27. The molecule has 1 rings (SSSR count). The molecule has 1 aliphatic carbocycles. The second kappa shape index (κ2) is 10.4. The van der Waals surface area contributed by atoms with E-state index in [1.807, 2.05) is 6.92 Å². The van der Waals surface area contributed by atoms with Gasteiger partial charge in [0.15, 0.2) is 0 Å². The Morgan fingerprint density at radius 1 is 1.20 bits per heavy atom. The molecule has 0 radical (unpaired) electrons. The number of hydrogen-bond donors (Lipinski definition) is 0. The molecule has 4 nitrogen and oxygen atoms in total. The van der Waals surface area contributed by atoms with Gasteiger partial charge in [-0.1, -0.05) is 42.4 Å². The van der Waals surface area contributed by atoms with E-state index in [0.29, 0.717) is 10.8 Å². The number of halogens is 1. The molecule has 0 amide bonds. The van der Waals surface area contributed by atoms with Crippen molar-refractivity contribution in [2.24, 2.45) is 0 Å². The summed E-state index contributed by atoms with van der Waals surface area (Å²) in [4.78, 5) is 23.4. The summed E-state index contributed by atoms with van der Waals surface area (Å²) in [5.74, 6) is -0.444. The highest BCUT2D eigenvalue weighted by Crippen LogP contribution is 2.21. The van der Waals surface area contributed by atoms with Crippen LogP contribution in [0.15, 0.2) is 0 Å². The molecule has 1 unspecified atom stereocenters. The Bertz CT molecular complexity index is 300. The molecule has 116 valence electrons. The first-order chi connectivity index (χ1) is 9.65. The number of rotatable bonds is 8. The van der Waals surface area contributed by atoms with Gasteiger partial charge in [-0.15, -0.1) is 0 Å². The molecule has 0 N–H and O–H groups in total. The molecule has 20 heavy (non-hydrogen) atoms. The van der Waals surface area contributed by atoms with Crippen LogP contribution in [0.3, 0.4) is 0 Å². The van der Waals surface area contributed by atoms with Crippen LogP contribution < -0.4 is 0 Å². The highest BCUT2D eigenvalue weighted by Gasteiger charge is 2.22. The second-order valence-corrected chi connectivity index (χ2v) is 6.20. The zero-order valence-electron chi connectivity index (χ0n) is 12.2. The van der Waals surface area contributed by atoms with E-state index in [1.54, 1.807) is 0 Å². The summed E-state index contributed by atoms with van der Waals surface area (Å²) < 4.78 is 11.4. The van der Waals surface area contributed by atoms with Crippen molar-refractivity contribution in [3.05, 3.63) is 0 Å². The van der Waals surface area contributed by atoms with E-state index < -0.39 is 0 Å². The number of alkyl halides is 1. The Hall–Kier alpha value is -0.330. The molecular formula is C15H25IO4. The number of unbranched alkanes of at least 4 members (excludes halogenated alkanes) is 1. The first-order valence-corrected chi connectivity index (χ1v) is 9.13. The highest BCUT2D eigenvalue weighted by molar-refractivity contribution is 14.1. The number of carbonyl (C=O) groups excluding carboxylic acids is 2. The topological polar surface area (TPSA) is 52.6 Å². The molecule has 1 saturated carbocycles. The largest absolute Gasteiger partial charge is 0.462 e. The van der Waals surface area contributed by atoms with Crippen LogP contribution in [0.5, 0.6) is 0 Å². The van der Waals surface area contributed by atoms with Gasteiger partial charge in [0.25, 0.3) is 0 Å². The molecule has 0 saturated heterocycles. The monoisotopic (exact) mass is 396 g/mol. The van der Waals surface area contributed by atoms with Crippen LogP contribution in [-0.4, -0.2) is 28.6 Å². The summed E-state index contributed by atoms with van der Waals surface area (Å²) in [6.07, 6.45) is 7.58. The van der Waals surface area contributed by atoms with Crippen molar-refractivity contribution >= 4 is 34.5 Å². The van der Waals surface area contributed by atoms with Crippen molar-refractivity contribution in [2.45, 2.75) is 76.9 Å². The van der Waals surface area contributed by atoms with E-state index in [1.165, 1.54) is 6.42 Å². The van der Waals surface area contributed by atoms with Gasteiger partial charge in [-0.05, 0) is 32.1 Å². The summed E-state index contributed by atoms with van der Waals surface area (Å²) >= 11 is 2.14. The lowest BCUT2D eigenvalue weighted by atomic mass is 9.98. The Balaban J connectivity index is 2.27. The predicted octanol–water partition coefficient (Wildman–Crippen LogP) is 3.79. The van der Waals surface area contributed by atoms with Crippen molar-refractivity contribution in [3.8, 4) is 0 Å². The zero-order valence-corrected chi connectivity index (χ0v) is 14.4. The fourth-order valence-electron chi connectivity index (χ4n) is 2.30. The van der Waals surface area contributed by atoms with E-state index in [9.17, 15) is 9.59 Å². The first kappa shape index (κ1) is 17.7. The third-order valence-corrected chi connectivity index (χ3v) is 4.43. The summed E-state index contributed by atoms with van der Waals surface area (Å²) in [6, 6.07) is 0. The van der Waals surface area contributed by atoms with Crippen molar-refractivity contribution in [3.63, 3.8) is 0 Å². The number of ether oxygens (including phenoxy) is 2. The van der Waals surface area contributed by atoms with Crippen LogP contribution in [0.4, 0.5) is 0 Å². The van der Waals surface area contributed by atoms with E-state index in [4.69, 9.17) is 9.47 Å². The smallest absolute Gasteiger partial charge is 0.309 e. The Kier molecular flexibility index (Phi) is 9.22. The number of esters is 2. The van der Waals surface area contributed by atoms with E-state index in [0.717, 1.165) is 38.5 Å². The van der Waals surface area contributed by atoms with Crippen molar-refractivity contribution in [2.75, 3.05) is 4.43 Å². The van der Waals surface area contributed by atoms with Gasteiger partial charge in [0.2, 0.25) is 0 Å². The van der Waals surface area contributed by atoms with Gasteiger partial charge >= 0.3 is 11.9 Å². The average molecular weight is 396 g/mol. The molecule has 0 bridgehead atoms. The lowest BCUT2D eigenvalue weighted by Gasteiger charge is -2.23. The van der Waals surface area contributed by atoms with Crippen LogP contribution >= 0.6 is 22.6 Å². The standard InChI is InChI=1S/C15H25IO4/c1-2-3-9-14(17)20-13(11-16)10-15(18)19-12-7-5-4-6-8-12/h12-13H,2-11H2,1H3. The predicted molar refractivity (Wildman–Crippen MR) is 85.9 cm³/mol. The van der Waals surface area contributed by atoms with Gasteiger partial charge in [0.1, 0.15) is 12.2 Å². The highest BCUT2D eigenvalue weighted by atomic mass is 127. The molecule has 1 atom stereocenters. The summed E-state index contributed by atoms with van der Waals surface area (Å²) in [7, 11) is 0. The molecule has 0 aromatic rings. The molecule has 0 aliphatic heterocycles. The average Bonchev–Trinajstić information content (AvgIpc) is 2.45. The number of carbonyl (C=O) groups is 2. The van der Waals surface area contributed by atoms with Crippen LogP contribution in [-0.2, 0) is 19.1 Å². The summed E-state index contributed by atoms with van der Waals surface area (Å²) in [5.41, 5.74) is 0. The van der Waals surface area contributed by atoms with Gasteiger partial charge in [0, 0.05) is 10.8 Å². The minimum Gasteiger partial charge on any atom is -0.462 e. The molecule has 1 fully saturated rings. The maximum absolute atomic E-state index is 11.9. The van der Waals surface area contributed by atoms with Crippen molar-refractivity contribution in [1.82, 2.24) is 0 Å². The number of hydrogen-bond acceptors (Lipinski definition) is 4. The van der Waals surface area contributed by atoms with E-state index in [2.05, 4.69) is 22.6 Å². The molecule has 5 heteroatoms. The van der Waals surface area contributed by atoms with E-state index in [-0.39, 0.29) is 30.6 Å². The second-order valence-electron chi connectivity index (χ2n) is 5.32. The molecule has 0 aromatic carbocycles. The molecular weight excluding hydrogens is 371 g/mol. The van der Waals surface area contributed by atoms with Crippen LogP contribution in [0.1, 0.15) is 64.7 Å². The Morgan fingerprint density at radius 3 is 2.50 bits per heavy atom. The van der Waals surface area contributed by atoms with Gasteiger partial charge in [-0.2, -0.15) is 0 Å². The molecule has 0 spiro atoms. The maximum Gasteiger partial charge on any atom is 0.309 e. The lowest BCUT2D eigenvalue weighted by molar-refractivity contribution is -0.157. The van der Waals surface area contributed by atoms with Gasteiger partial charge in [-0.25, -0.2) is 0 Å². The Morgan fingerprint density at radius 2 is 1.90 bits per heavy atom. The molecule has 0 aromatic heterocycles. The summed E-state index contributed by atoms with van der Waals surface area (Å²) in [5, 5.41) is 0. The fraction of sp³-hybridized carbons (Fsp3) is 0.867. The zero-order chi connectivity index (χ0) is 14.8. The van der Waals surface area contributed by atoms with Gasteiger partial charge in [0.05, 0.1) is 6.42 Å². The normalized spacial score (nSPS) is 17.5. The van der Waals surface area contributed by atoms with Crippen LogP contribution in [0.2, 0.25) is 0 Å². The van der Waals surface area contributed by atoms with Gasteiger partial charge < -0.3 is 9.47 Å². The van der Waals surface area contributed by atoms with Gasteiger partial charge in [-0.3, -0.25) is 9.59 Å². The Labute approximate surface area is 135 Å². The first-order valence-electron chi connectivity index (χ1n) is 7.60. The third-order valence-electron chi connectivity index (χ3n) is 3.45. The molecule has 0 heterocycles.